The lowest BCUT2D eigenvalue weighted by atomic mass is 10.2. The van der Waals surface area contributed by atoms with Crippen LogP contribution in [0, 0.1) is 13.8 Å². The number of carboxylic acid groups (broad SMARTS) is 1. The summed E-state index contributed by atoms with van der Waals surface area (Å²) in [5.41, 5.74) is 4.20. The van der Waals surface area contributed by atoms with Crippen LogP contribution < -0.4 is 0 Å². The first-order valence-electron chi connectivity index (χ1n) is 6.98. The van der Waals surface area contributed by atoms with E-state index in [9.17, 15) is 4.79 Å². The van der Waals surface area contributed by atoms with Crippen LogP contribution in [0.15, 0.2) is 48.1 Å². The average Bonchev–Trinajstić information content (AvgIpc) is 3.14. The van der Waals surface area contributed by atoms with Crippen molar-refractivity contribution in [1.82, 2.24) is 19.4 Å². The summed E-state index contributed by atoms with van der Waals surface area (Å²) in [5, 5.41) is 20.6. The number of benzene rings is 1. The zero-order chi connectivity index (χ0) is 16.4. The number of carbonyl (C=O) groups is 1. The molecule has 1 aromatic carbocycles. The maximum atomic E-state index is 10.9. The molecule has 0 saturated carbocycles. The summed E-state index contributed by atoms with van der Waals surface area (Å²) in [6.45, 7) is 3.99. The Kier molecular flexibility index (Phi) is 3.76. The summed E-state index contributed by atoms with van der Waals surface area (Å²) in [6, 6.07) is 8.81. The van der Waals surface area contributed by atoms with Crippen LogP contribution in [-0.2, 0) is 0 Å². The Bertz CT molecular complexity index is 861. The molecule has 1 N–H and O–H groups in total. The van der Waals surface area contributed by atoms with Gasteiger partial charge >= 0.3 is 5.97 Å². The van der Waals surface area contributed by atoms with E-state index < -0.39 is 5.97 Å². The van der Waals surface area contributed by atoms with Crippen molar-refractivity contribution in [2.75, 3.05) is 0 Å². The van der Waals surface area contributed by atoms with Crippen molar-refractivity contribution >= 4 is 12.2 Å². The standard InChI is InChI=1S/C16H15N5O2/c1-11-7-14(8-19-20-9-17-18-10-20)12(2)21(11)15-5-3-13(4-6-15)16(22)23/h3-10H,1-2H3,(H,22,23)/b19-8+. The van der Waals surface area contributed by atoms with Crippen molar-refractivity contribution in [3.8, 4) is 5.69 Å². The Labute approximate surface area is 132 Å². The van der Waals surface area contributed by atoms with E-state index >= 15 is 0 Å². The number of aromatic carboxylic acids is 1. The molecule has 0 aliphatic heterocycles. The van der Waals surface area contributed by atoms with E-state index in [4.69, 9.17) is 5.11 Å². The van der Waals surface area contributed by atoms with Crippen LogP contribution in [0.1, 0.15) is 27.3 Å². The van der Waals surface area contributed by atoms with Crippen molar-refractivity contribution in [3.05, 3.63) is 65.5 Å². The summed E-state index contributed by atoms with van der Waals surface area (Å²) in [6.07, 6.45) is 4.77. The van der Waals surface area contributed by atoms with Crippen molar-refractivity contribution in [3.63, 3.8) is 0 Å². The third-order valence-electron chi connectivity index (χ3n) is 3.58. The maximum Gasteiger partial charge on any atom is 0.335 e. The molecule has 0 spiro atoms. The summed E-state index contributed by atoms with van der Waals surface area (Å²) < 4.78 is 3.58. The zero-order valence-electron chi connectivity index (χ0n) is 12.7. The lowest BCUT2D eigenvalue weighted by molar-refractivity contribution is 0.0697. The molecule has 3 aromatic rings. The van der Waals surface area contributed by atoms with E-state index in [1.54, 1.807) is 30.5 Å². The van der Waals surface area contributed by atoms with E-state index in [1.807, 2.05) is 19.9 Å². The number of hydrogen-bond donors (Lipinski definition) is 1. The summed E-state index contributed by atoms with van der Waals surface area (Å²) in [4.78, 5) is 10.9. The molecule has 0 bridgehead atoms. The summed E-state index contributed by atoms with van der Waals surface area (Å²) >= 11 is 0. The van der Waals surface area contributed by atoms with E-state index in [1.165, 1.54) is 17.3 Å². The molecule has 3 rings (SSSR count). The molecule has 23 heavy (non-hydrogen) atoms. The molecule has 116 valence electrons. The van der Waals surface area contributed by atoms with Gasteiger partial charge in [0.05, 0.1) is 11.8 Å². The first-order valence-corrected chi connectivity index (χ1v) is 6.98. The smallest absolute Gasteiger partial charge is 0.335 e. The molecule has 0 saturated heterocycles. The van der Waals surface area contributed by atoms with Crippen LogP contribution in [0.2, 0.25) is 0 Å². The molecule has 7 heteroatoms. The zero-order valence-corrected chi connectivity index (χ0v) is 12.7. The highest BCUT2D eigenvalue weighted by atomic mass is 16.4. The van der Waals surface area contributed by atoms with Gasteiger partial charge in [-0.2, -0.15) is 5.10 Å². The van der Waals surface area contributed by atoms with Crippen molar-refractivity contribution < 1.29 is 9.90 Å². The van der Waals surface area contributed by atoms with E-state index in [-0.39, 0.29) is 5.56 Å². The lowest BCUT2D eigenvalue weighted by Crippen LogP contribution is -2.01. The van der Waals surface area contributed by atoms with E-state index in [0.29, 0.717) is 0 Å². The van der Waals surface area contributed by atoms with Gasteiger partial charge in [0.2, 0.25) is 0 Å². The third-order valence-corrected chi connectivity index (χ3v) is 3.58. The summed E-state index contributed by atoms with van der Waals surface area (Å²) in [5.74, 6) is -0.931. The first-order chi connectivity index (χ1) is 11.1. The van der Waals surface area contributed by atoms with Crippen molar-refractivity contribution in [2.45, 2.75) is 13.8 Å². The second kappa shape index (κ2) is 5.88. The fourth-order valence-electron chi connectivity index (χ4n) is 2.45. The monoisotopic (exact) mass is 309 g/mol. The van der Waals surface area contributed by atoms with Gasteiger partial charge < -0.3 is 9.67 Å². The van der Waals surface area contributed by atoms with Gasteiger partial charge in [-0.15, -0.1) is 10.2 Å². The van der Waals surface area contributed by atoms with Gasteiger partial charge in [-0.05, 0) is 44.2 Å². The molecule has 0 unspecified atom stereocenters. The molecule has 0 fully saturated rings. The minimum absolute atomic E-state index is 0.269. The molecule has 0 aliphatic carbocycles. The predicted octanol–water partition coefficient (Wildman–Crippen LogP) is 2.27. The van der Waals surface area contributed by atoms with Crippen LogP contribution in [0.25, 0.3) is 5.69 Å². The van der Waals surface area contributed by atoms with Crippen molar-refractivity contribution in [2.24, 2.45) is 5.10 Å². The SMILES string of the molecule is Cc1cc(/C=N/n2cnnc2)c(C)n1-c1ccc(C(=O)O)cc1. The Hall–Kier alpha value is -3.22. The Balaban J connectivity index is 1.96. The van der Waals surface area contributed by atoms with Gasteiger partial charge in [0.1, 0.15) is 12.7 Å². The number of aryl methyl sites for hydroxylation is 1. The van der Waals surface area contributed by atoms with E-state index in [0.717, 1.165) is 22.6 Å². The number of carboxylic acids is 1. The molecule has 0 radical (unpaired) electrons. The quantitative estimate of drug-likeness (QED) is 0.749. The predicted molar refractivity (Wildman–Crippen MR) is 85.2 cm³/mol. The Morgan fingerprint density at radius 3 is 2.43 bits per heavy atom. The van der Waals surface area contributed by atoms with Crippen LogP contribution in [0.4, 0.5) is 0 Å². The van der Waals surface area contributed by atoms with Crippen LogP contribution in [0.5, 0.6) is 0 Å². The minimum atomic E-state index is -0.931. The van der Waals surface area contributed by atoms with Crippen molar-refractivity contribution in [1.29, 1.82) is 0 Å². The Morgan fingerprint density at radius 2 is 1.83 bits per heavy atom. The fraction of sp³-hybridized carbons (Fsp3) is 0.125. The van der Waals surface area contributed by atoms with Gasteiger partial charge in [-0.3, -0.25) is 0 Å². The summed E-state index contributed by atoms with van der Waals surface area (Å²) in [7, 11) is 0. The molecule has 2 aromatic heterocycles. The van der Waals surface area contributed by atoms with Gasteiger partial charge in [0, 0.05) is 22.6 Å². The molecule has 0 atom stereocenters. The normalized spacial score (nSPS) is 11.2. The molecule has 0 aliphatic rings. The van der Waals surface area contributed by atoms with Crippen LogP contribution >= 0.6 is 0 Å². The molecule has 2 heterocycles. The third kappa shape index (κ3) is 2.89. The van der Waals surface area contributed by atoms with E-state index in [2.05, 4.69) is 19.9 Å². The van der Waals surface area contributed by atoms with Crippen LogP contribution in [0.3, 0.4) is 0 Å². The molecular formula is C16H15N5O2. The molecular weight excluding hydrogens is 294 g/mol. The number of hydrogen-bond acceptors (Lipinski definition) is 4. The van der Waals surface area contributed by atoms with Crippen LogP contribution in [-0.4, -0.2) is 36.7 Å². The minimum Gasteiger partial charge on any atom is -0.478 e. The Morgan fingerprint density at radius 1 is 1.17 bits per heavy atom. The average molecular weight is 309 g/mol. The number of aromatic nitrogens is 4. The first kappa shape index (κ1) is 14.7. The molecule has 0 amide bonds. The lowest BCUT2D eigenvalue weighted by Gasteiger charge is -2.09. The van der Waals surface area contributed by atoms with Gasteiger partial charge in [-0.25, -0.2) is 9.47 Å². The number of rotatable bonds is 4. The van der Waals surface area contributed by atoms with Gasteiger partial charge in [0.25, 0.3) is 0 Å². The topological polar surface area (TPSA) is 85.3 Å². The van der Waals surface area contributed by atoms with Gasteiger partial charge in [0.15, 0.2) is 0 Å². The second-order valence-electron chi connectivity index (χ2n) is 5.10. The maximum absolute atomic E-state index is 10.9. The molecule has 7 nitrogen and oxygen atoms in total. The second-order valence-corrected chi connectivity index (χ2v) is 5.10. The number of nitrogens with zero attached hydrogens (tertiary/aromatic N) is 5. The highest BCUT2D eigenvalue weighted by Gasteiger charge is 2.10. The highest BCUT2D eigenvalue weighted by Crippen LogP contribution is 2.20. The fourth-order valence-corrected chi connectivity index (χ4v) is 2.45. The highest BCUT2D eigenvalue weighted by molar-refractivity contribution is 5.87. The van der Waals surface area contributed by atoms with Gasteiger partial charge in [-0.1, -0.05) is 0 Å². The largest absolute Gasteiger partial charge is 0.478 e.